The molecule has 3 nitrogen and oxygen atoms in total. The average molecular weight is 234 g/mol. The van der Waals surface area contributed by atoms with Gasteiger partial charge in [0.05, 0.1) is 16.8 Å². The highest BCUT2D eigenvalue weighted by Crippen LogP contribution is 2.21. The molecule has 0 aliphatic rings. The zero-order valence-corrected chi connectivity index (χ0v) is 9.43. The van der Waals surface area contributed by atoms with Gasteiger partial charge in [0.1, 0.15) is 0 Å². The summed E-state index contributed by atoms with van der Waals surface area (Å²) in [6.07, 6.45) is 5.92. The van der Waals surface area contributed by atoms with Crippen molar-refractivity contribution in [3.05, 3.63) is 59.1 Å². The number of nitrogens with zero attached hydrogens (tertiary/aromatic N) is 2. The van der Waals surface area contributed by atoms with Gasteiger partial charge < -0.3 is 5.73 Å². The quantitative estimate of drug-likeness (QED) is 0.886. The Hall–Kier alpha value is -1.45. The molecule has 0 radical (unpaired) electrons. The maximum atomic E-state index is 6.05. The van der Waals surface area contributed by atoms with Crippen LogP contribution in [0.15, 0.2) is 42.9 Å². The number of hydrogen-bond donors (Lipinski definition) is 1. The summed E-state index contributed by atoms with van der Waals surface area (Å²) < 4.78 is 0. The highest BCUT2D eigenvalue weighted by Gasteiger charge is 2.11. The fourth-order valence-electron chi connectivity index (χ4n) is 1.54. The van der Waals surface area contributed by atoms with Gasteiger partial charge >= 0.3 is 0 Å². The molecule has 2 aromatic rings. The predicted octanol–water partition coefficient (Wildman–Crippen LogP) is 2.37. The second kappa shape index (κ2) is 5.05. The van der Waals surface area contributed by atoms with Crippen LogP contribution in [0, 0.1) is 0 Å². The third-order valence-electron chi connectivity index (χ3n) is 2.32. The molecule has 1 atom stereocenters. The van der Waals surface area contributed by atoms with Crippen molar-refractivity contribution in [1.29, 1.82) is 0 Å². The molecule has 2 rings (SSSR count). The van der Waals surface area contributed by atoms with Gasteiger partial charge in [0.2, 0.25) is 0 Å². The number of halogens is 1. The van der Waals surface area contributed by atoms with E-state index in [-0.39, 0.29) is 6.04 Å². The molecule has 0 aromatic carbocycles. The minimum atomic E-state index is -0.196. The maximum Gasteiger partial charge on any atom is 0.0760 e. The van der Waals surface area contributed by atoms with Crippen molar-refractivity contribution in [2.45, 2.75) is 12.5 Å². The SMILES string of the molecule is NC(Cc1cccnc1)c1ncccc1Cl. The standard InChI is InChI=1S/C12H12ClN3/c13-10-4-2-6-16-12(10)11(14)7-9-3-1-5-15-8-9/h1-6,8,11H,7,14H2. The first kappa shape index (κ1) is 11.0. The summed E-state index contributed by atoms with van der Waals surface area (Å²) in [6, 6.07) is 7.28. The van der Waals surface area contributed by atoms with Gasteiger partial charge in [-0.05, 0) is 30.2 Å². The highest BCUT2D eigenvalue weighted by atomic mass is 35.5. The molecule has 4 heteroatoms. The molecule has 2 N–H and O–H groups in total. The van der Waals surface area contributed by atoms with E-state index >= 15 is 0 Å². The molecule has 16 heavy (non-hydrogen) atoms. The number of nitrogens with two attached hydrogens (primary N) is 1. The number of pyridine rings is 2. The Labute approximate surface area is 99.3 Å². The number of rotatable bonds is 3. The largest absolute Gasteiger partial charge is 0.322 e. The van der Waals surface area contributed by atoms with Gasteiger partial charge in [-0.2, -0.15) is 0 Å². The van der Waals surface area contributed by atoms with E-state index < -0.39 is 0 Å². The molecule has 0 fully saturated rings. The van der Waals surface area contributed by atoms with Crippen LogP contribution >= 0.6 is 11.6 Å². The van der Waals surface area contributed by atoms with Crippen LogP contribution in [0.3, 0.4) is 0 Å². The van der Waals surface area contributed by atoms with E-state index in [9.17, 15) is 0 Å². The fourth-order valence-corrected chi connectivity index (χ4v) is 1.80. The molecule has 0 amide bonds. The van der Waals surface area contributed by atoms with Crippen LogP contribution in [0.1, 0.15) is 17.3 Å². The Bertz CT molecular complexity index is 459. The van der Waals surface area contributed by atoms with Crippen LogP contribution in [0.5, 0.6) is 0 Å². The van der Waals surface area contributed by atoms with Gasteiger partial charge in [0.15, 0.2) is 0 Å². The van der Waals surface area contributed by atoms with Gasteiger partial charge in [-0.3, -0.25) is 9.97 Å². The van der Waals surface area contributed by atoms with Crippen LogP contribution in [0.2, 0.25) is 5.02 Å². The summed E-state index contributed by atoms with van der Waals surface area (Å²) in [4.78, 5) is 8.24. The Kier molecular flexibility index (Phi) is 3.49. The van der Waals surface area contributed by atoms with Gasteiger partial charge in [-0.1, -0.05) is 17.7 Å². The summed E-state index contributed by atoms with van der Waals surface area (Å²) in [5.74, 6) is 0. The monoisotopic (exact) mass is 233 g/mol. The summed E-state index contributed by atoms with van der Waals surface area (Å²) in [7, 11) is 0. The van der Waals surface area contributed by atoms with E-state index in [1.165, 1.54) is 0 Å². The smallest absolute Gasteiger partial charge is 0.0760 e. The Morgan fingerprint density at radius 1 is 1.25 bits per heavy atom. The zero-order valence-electron chi connectivity index (χ0n) is 8.68. The molecular formula is C12H12ClN3. The van der Waals surface area contributed by atoms with Gasteiger partial charge in [0, 0.05) is 18.6 Å². The third kappa shape index (κ3) is 2.56. The van der Waals surface area contributed by atoms with E-state index in [1.807, 2.05) is 12.1 Å². The second-order valence-electron chi connectivity index (χ2n) is 3.54. The predicted molar refractivity (Wildman–Crippen MR) is 64.1 cm³/mol. The van der Waals surface area contributed by atoms with E-state index in [2.05, 4.69) is 9.97 Å². The van der Waals surface area contributed by atoms with E-state index in [1.54, 1.807) is 30.7 Å². The summed E-state index contributed by atoms with van der Waals surface area (Å²) in [6.45, 7) is 0. The summed E-state index contributed by atoms with van der Waals surface area (Å²) in [5, 5.41) is 0.610. The van der Waals surface area contributed by atoms with Gasteiger partial charge in [0.25, 0.3) is 0 Å². The topological polar surface area (TPSA) is 51.8 Å². The molecular weight excluding hydrogens is 222 g/mol. The molecule has 0 saturated heterocycles. The molecule has 0 bridgehead atoms. The third-order valence-corrected chi connectivity index (χ3v) is 2.64. The number of aromatic nitrogens is 2. The van der Waals surface area contributed by atoms with E-state index in [0.717, 1.165) is 11.3 Å². The first-order valence-electron chi connectivity index (χ1n) is 5.02. The van der Waals surface area contributed by atoms with Crippen molar-refractivity contribution in [3.8, 4) is 0 Å². The van der Waals surface area contributed by atoms with Crippen molar-refractivity contribution < 1.29 is 0 Å². The summed E-state index contributed by atoms with van der Waals surface area (Å²) >= 11 is 6.03. The normalized spacial score (nSPS) is 12.4. The Morgan fingerprint density at radius 2 is 2.06 bits per heavy atom. The maximum absolute atomic E-state index is 6.05. The van der Waals surface area contributed by atoms with Crippen LogP contribution in [0.25, 0.3) is 0 Å². The van der Waals surface area contributed by atoms with Crippen LogP contribution in [0.4, 0.5) is 0 Å². The lowest BCUT2D eigenvalue weighted by molar-refractivity contribution is 0.695. The van der Waals surface area contributed by atoms with Crippen molar-refractivity contribution >= 4 is 11.6 Å². The molecule has 82 valence electrons. The lowest BCUT2D eigenvalue weighted by Gasteiger charge is -2.11. The molecule has 2 heterocycles. The molecule has 0 saturated carbocycles. The zero-order chi connectivity index (χ0) is 11.4. The van der Waals surface area contributed by atoms with E-state index in [0.29, 0.717) is 11.4 Å². The lowest BCUT2D eigenvalue weighted by atomic mass is 10.1. The van der Waals surface area contributed by atoms with Gasteiger partial charge in [-0.25, -0.2) is 0 Å². The summed E-state index contributed by atoms with van der Waals surface area (Å²) in [5.41, 5.74) is 7.86. The van der Waals surface area contributed by atoms with Crippen molar-refractivity contribution in [1.82, 2.24) is 9.97 Å². The fraction of sp³-hybridized carbons (Fsp3) is 0.167. The minimum absolute atomic E-state index is 0.196. The Morgan fingerprint density at radius 3 is 2.75 bits per heavy atom. The van der Waals surface area contributed by atoms with Crippen LogP contribution in [-0.2, 0) is 6.42 Å². The van der Waals surface area contributed by atoms with Crippen molar-refractivity contribution in [3.63, 3.8) is 0 Å². The Balaban J connectivity index is 2.15. The van der Waals surface area contributed by atoms with Crippen molar-refractivity contribution in [2.75, 3.05) is 0 Å². The van der Waals surface area contributed by atoms with Crippen molar-refractivity contribution in [2.24, 2.45) is 5.73 Å². The molecule has 0 spiro atoms. The molecule has 2 aromatic heterocycles. The van der Waals surface area contributed by atoms with Crippen LogP contribution in [-0.4, -0.2) is 9.97 Å². The lowest BCUT2D eigenvalue weighted by Crippen LogP contribution is -2.15. The first-order valence-corrected chi connectivity index (χ1v) is 5.40. The van der Waals surface area contributed by atoms with Gasteiger partial charge in [-0.15, -0.1) is 0 Å². The van der Waals surface area contributed by atoms with E-state index in [4.69, 9.17) is 17.3 Å². The van der Waals surface area contributed by atoms with Crippen LogP contribution < -0.4 is 5.73 Å². The second-order valence-corrected chi connectivity index (χ2v) is 3.95. The molecule has 0 aliphatic heterocycles. The molecule has 0 aliphatic carbocycles. The minimum Gasteiger partial charge on any atom is -0.322 e. The average Bonchev–Trinajstić information content (AvgIpc) is 2.31. The first-order chi connectivity index (χ1) is 7.77. The molecule has 1 unspecified atom stereocenters. The highest BCUT2D eigenvalue weighted by molar-refractivity contribution is 6.31. The number of hydrogen-bond acceptors (Lipinski definition) is 3.